The Bertz CT molecular complexity index is 2220. The molecule has 1 nitrogen and oxygen atoms in total. The molecule has 1 heterocycles. The van der Waals surface area contributed by atoms with E-state index in [2.05, 4.69) is 151 Å². The molecule has 1 heteroatoms. The van der Waals surface area contributed by atoms with Gasteiger partial charge in [0.25, 0.3) is 0 Å². The number of aromatic nitrogens is 1. The minimum atomic E-state index is -0.440. The lowest BCUT2D eigenvalue weighted by molar-refractivity contribution is 0.776. The van der Waals surface area contributed by atoms with E-state index in [-0.39, 0.29) is 0 Å². The van der Waals surface area contributed by atoms with Crippen molar-refractivity contribution in [2.24, 2.45) is 0 Å². The van der Waals surface area contributed by atoms with Gasteiger partial charge in [-0.1, -0.05) is 133 Å². The summed E-state index contributed by atoms with van der Waals surface area (Å²) in [5.74, 6) is 0. The van der Waals surface area contributed by atoms with Crippen molar-refractivity contribution in [1.82, 2.24) is 4.98 Å². The normalized spacial score (nSPS) is 13.7. The van der Waals surface area contributed by atoms with E-state index >= 15 is 0 Å². The molecule has 0 amide bonds. The molecule has 0 spiro atoms. The maximum atomic E-state index is 3.90. The zero-order valence-electron chi connectivity index (χ0n) is 21.9. The zero-order valence-corrected chi connectivity index (χ0v) is 21.9. The number of nitrogens with one attached hydrogen (secondary N) is 1. The van der Waals surface area contributed by atoms with Gasteiger partial charge in [-0.2, -0.15) is 0 Å². The van der Waals surface area contributed by atoms with Gasteiger partial charge in [0.1, 0.15) is 0 Å². The summed E-state index contributed by atoms with van der Waals surface area (Å²) in [6.07, 6.45) is 0. The van der Waals surface area contributed by atoms with E-state index in [1.165, 1.54) is 76.7 Å². The number of hydrogen-bond donors (Lipinski definition) is 1. The van der Waals surface area contributed by atoms with Crippen molar-refractivity contribution in [3.05, 3.63) is 168 Å². The largest absolute Gasteiger partial charge is 0.354 e. The van der Waals surface area contributed by atoms with Crippen molar-refractivity contribution >= 4 is 43.4 Å². The van der Waals surface area contributed by atoms with Crippen LogP contribution in [0.1, 0.15) is 22.3 Å². The van der Waals surface area contributed by atoms with Crippen LogP contribution in [-0.4, -0.2) is 4.98 Å². The molecular weight excluding hydrogens is 482 g/mol. The molecule has 1 aromatic heterocycles. The van der Waals surface area contributed by atoms with E-state index in [4.69, 9.17) is 0 Å². The minimum absolute atomic E-state index is 0.440. The quantitative estimate of drug-likeness (QED) is 0.240. The predicted octanol–water partition coefficient (Wildman–Crippen LogP) is 9.99. The van der Waals surface area contributed by atoms with Crippen LogP contribution >= 0.6 is 0 Å². The van der Waals surface area contributed by atoms with Gasteiger partial charge in [-0.05, 0) is 61.5 Å². The predicted molar refractivity (Wildman–Crippen MR) is 168 cm³/mol. The summed E-state index contributed by atoms with van der Waals surface area (Å²) in [4.78, 5) is 3.90. The third-order valence-electron chi connectivity index (χ3n) is 9.03. The summed E-state index contributed by atoms with van der Waals surface area (Å²) in [6, 6.07) is 53.7. The van der Waals surface area contributed by atoms with Crippen LogP contribution in [-0.2, 0) is 5.41 Å². The highest BCUT2D eigenvalue weighted by molar-refractivity contribution is 6.18. The van der Waals surface area contributed by atoms with Crippen LogP contribution < -0.4 is 0 Å². The number of hydrogen-bond acceptors (Lipinski definition) is 0. The van der Waals surface area contributed by atoms with Crippen molar-refractivity contribution in [3.8, 4) is 11.1 Å². The maximum Gasteiger partial charge on any atom is 0.0720 e. The molecular formula is C39H25N. The Labute approximate surface area is 232 Å². The smallest absolute Gasteiger partial charge is 0.0720 e. The molecule has 0 unspecified atom stereocenters. The average Bonchev–Trinajstić information content (AvgIpc) is 3.54. The summed E-state index contributed by atoms with van der Waals surface area (Å²) in [5, 5.41) is 7.65. The lowest BCUT2D eigenvalue weighted by atomic mass is 9.66. The van der Waals surface area contributed by atoms with Gasteiger partial charge in [0.15, 0.2) is 0 Å². The van der Waals surface area contributed by atoms with E-state index in [0.717, 1.165) is 0 Å². The summed E-state index contributed by atoms with van der Waals surface area (Å²) < 4.78 is 0. The van der Waals surface area contributed by atoms with E-state index in [0.29, 0.717) is 0 Å². The summed E-state index contributed by atoms with van der Waals surface area (Å²) >= 11 is 0. The second-order valence-corrected chi connectivity index (χ2v) is 11.0. The molecule has 0 atom stereocenters. The average molecular weight is 508 g/mol. The fourth-order valence-electron chi connectivity index (χ4n) is 7.41. The van der Waals surface area contributed by atoms with Crippen molar-refractivity contribution in [2.45, 2.75) is 5.41 Å². The van der Waals surface area contributed by atoms with Gasteiger partial charge in [0.2, 0.25) is 0 Å². The fourth-order valence-corrected chi connectivity index (χ4v) is 7.41. The Morgan fingerprint density at radius 3 is 1.80 bits per heavy atom. The monoisotopic (exact) mass is 507 g/mol. The lowest BCUT2D eigenvalue weighted by Crippen LogP contribution is -2.28. The van der Waals surface area contributed by atoms with Crippen LogP contribution in [0.5, 0.6) is 0 Å². The van der Waals surface area contributed by atoms with E-state index in [1.807, 2.05) is 0 Å². The molecule has 1 N–H and O–H groups in total. The highest BCUT2D eigenvalue weighted by Gasteiger charge is 2.48. The fraction of sp³-hybridized carbons (Fsp3) is 0.0256. The highest BCUT2D eigenvalue weighted by Crippen LogP contribution is 2.59. The molecule has 9 rings (SSSR count). The van der Waals surface area contributed by atoms with Crippen molar-refractivity contribution in [3.63, 3.8) is 0 Å². The van der Waals surface area contributed by atoms with Gasteiger partial charge in [0, 0.05) is 21.9 Å². The second-order valence-electron chi connectivity index (χ2n) is 11.0. The first kappa shape index (κ1) is 21.8. The first-order valence-electron chi connectivity index (χ1n) is 14.0. The van der Waals surface area contributed by atoms with Crippen LogP contribution in [0.15, 0.2) is 146 Å². The van der Waals surface area contributed by atoms with Crippen LogP contribution in [0.25, 0.3) is 54.5 Å². The maximum absolute atomic E-state index is 3.90. The van der Waals surface area contributed by atoms with Gasteiger partial charge in [-0.15, -0.1) is 0 Å². The molecule has 0 aliphatic heterocycles. The van der Waals surface area contributed by atoms with E-state index in [1.54, 1.807) is 0 Å². The van der Waals surface area contributed by atoms with Gasteiger partial charge in [-0.25, -0.2) is 0 Å². The van der Waals surface area contributed by atoms with Gasteiger partial charge in [-0.3, -0.25) is 0 Å². The molecule has 186 valence electrons. The molecule has 1 aliphatic rings. The SMILES string of the molecule is c1ccc(C2(c3ccccc3)c3ccc4c([nH]c5cc6ccccc6cc54)c3-c3ccc4ccccc4c32)cc1. The van der Waals surface area contributed by atoms with Gasteiger partial charge >= 0.3 is 0 Å². The number of H-pyrrole nitrogens is 1. The minimum Gasteiger partial charge on any atom is -0.354 e. The lowest BCUT2D eigenvalue weighted by Gasteiger charge is -2.34. The van der Waals surface area contributed by atoms with Crippen molar-refractivity contribution in [1.29, 1.82) is 0 Å². The third kappa shape index (κ3) is 2.71. The Morgan fingerprint density at radius 2 is 1.07 bits per heavy atom. The first-order valence-corrected chi connectivity index (χ1v) is 14.0. The molecule has 0 fully saturated rings. The molecule has 0 saturated carbocycles. The Balaban J connectivity index is 1.51. The van der Waals surface area contributed by atoms with Crippen LogP contribution in [0, 0.1) is 0 Å². The second kappa shape index (κ2) is 7.94. The summed E-state index contributed by atoms with van der Waals surface area (Å²) in [7, 11) is 0. The molecule has 0 saturated heterocycles. The topological polar surface area (TPSA) is 15.8 Å². The molecule has 0 radical (unpaired) electrons. The summed E-state index contributed by atoms with van der Waals surface area (Å²) in [6.45, 7) is 0. The Hall–Kier alpha value is -5.14. The number of rotatable bonds is 2. The van der Waals surface area contributed by atoms with Gasteiger partial charge < -0.3 is 4.98 Å². The van der Waals surface area contributed by atoms with Crippen LogP contribution in [0.2, 0.25) is 0 Å². The molecule has 40 heavy (non-hydrogen) atoms. The first-order chi connectivity index (χ1) is 19.8. The van der Waals surface area contributed by atoms with E-state index < -0.39 is 5.41 Å². The summed E-state index contributed by atoms with van der Waals surface area (Å²) in [5.41, 5.74) is 9.86. The zero-order chi connectivity index (χ0) is 26.3. The van der Waals surface area contributed by atoms with Crippen LogP contribution in [0.4, 0.5) is 0 Å². The van der Waals surface area contributed by atoms with Crippen molar-refractivity contribution < 1.29 is 0 Å². The van der Waals surface area contributed by atoms with Crippen LogP contribution in [0.3, 0.4) is 0 Å². The number of aromatic amines is 1. The molecule has 7 aromatic carbocycles. The van der Waals surface area contributed by atoms with E-state index in [9.17, 15) is 0 Å². The Kier molecular flexibility index (Phi) is 4.32. The molecule has 1 aliphatic carbocycles. The number of benzene rings is 7. The Morgan fingerprint density at radius 1 is 0.450 bits per heavy atom. The standard InChI is InChI=1S/C39H25N/c1-3-14-28(15-4-1)39(29-16-5-2-6-17-29)34-22-21-31-33-23-26-12-7-8-13-27(26)24-35(33)40-38(31)36(34)32-20-19-25-11-9-10-18-30(25)37(32)39/h1-24,40H. The number of fused-ring (bicyclic) bond motifs is 10. The molecule has 0 bridgehead atoms. The highest BCUT2D eigenvalue weighted by atomic mass is 14.7. The van der Waals surface area contributed by atoms with Crippen molar-refractivity contribution in [2.75, 3.05) is 0 Å². The van der Waals surface area contributed by atoms with Gasteiger partial charge in [0.05, 0.1) is 10.9 Å². The molecule has 8 aromatic rings. The third-order valence-corrected chi connectivity index (χ3v) is 9.03.